The number of hydrogen-bond acceptors (Lipinski definition) is 4. The Labute approximate surface area is 113 Å². The Hall–Kier alpha value is -1.88. The minimum atomic E-state index is -0.378. The molecule has 0 saturated heterocycles. The summed E-state index contributed by atoms with van der Waals surface area (Å²) in [5.41, 5.74) is 0.543. The molecule has 1 aromatic rings. The van der Waals surface area contributed by atoms with E-state index in [1.165, 1.54) is 6.92 Å². The van der Waals surface area contributed by atoms with E-state index in [9.17, 15) is 9.59 Å². The SMILES string of the molecule is CC(=O)Oc1ccc(C(=O)NC(C)CN(C)C)cc1. The van der Waals surface area contributed by atoms with Gasteiger partial charge in [0.15, 0.2) is 0 Å². The van der Waals surface area contributed by atoms with Gasteiger partial charge in [0, 0.05) is 25.1 Å². The van der Waals surface area contributed by atoms with Gasteiger partial charge in [-0.15, -0.1) is 0 Å². The number of nitrogens with one attached hydrogen (secondary N) is 1. The lowest BCUT2D eigenvalue weighted by Crippen LogP contribution is -2.39. The monoisotopic (exact) mass is 264 g/mol. The van der Waals surface area contributed by atoms with Crippen molar-refractivity contribution < 1.29 is 14.3 Å². The number of likely N-dealkylation sites (N-methyl/N-ethyl adjacent to an activating group) is 1. The van der Waals surface area contributed by atoms with Gasteiger partial charge in [0.25, 0.3) is 5.91 Å². The molecule has 0 aliphatic rings. The molecular formula is C14H20N2O3. The molecule has 0 aromatic heterocycles. The quantitative estimate of drug-likeness (QED) is 0.643. The van der Waals surface area contributed by atoms with Crippen LogP contribution < -0.4 is 10.1 Å². The number of carbonyl (C=O) groups is 2. The molecule has 5 nitrogen and oxygen atoms in total. The first-order chi connectivity index (χ1) is 8.88. The number of rotatable bonds is 5. The van der Waals surface area contributed by atoms with Crippen molar-refractivity contribution in [3.05, 3.63) is 29.8 Å². The molecule has 0 saturated carbocycles. The minimum Gasteiger partial charge on any atom is -0.427 e. The van der Waals surface area contributed by atoms with Gasteiger partial charge in [-0.25, -0.2) is 0 Å². The number of esters is 1. The van der Waals surface area contributed by atoms with Crippen LogP contribution in [0.4, 0.5) is 0 Å². The maximum absolute atomic E-state index is 11.9. The largest absolute Gasteiger partial charge is 0.427 e. The third-order valence-electron chi connectivity index (χ3n) is 2.39. The maximum atomic E-state index is 11.9. The van der Waals surface area contributed by atoms with Crippen molar-refractivity contribution in [2.24, 2.45) is 0 Å². The van der Waals surface area contributed by atoms with Gasteiger partial charge in [-0.3, -0.25) is 9.59 Å². The zero-order chi connectivity index (χ0) is 14.4. The lowest BCUT2D eigenvalue weighted by molar-refractivity contribution is -0.131. The normalized spacial score (nSPS) is 12.1. The second kappa shape index (κ2) is 6.89. The molecule has 0 heterocycles. The summed E-state index contributed by atoms with van der Waals surface area (Å²) in [4.78, 5) is 24.7. The van der Waals surface area contributed by atoms with Crippen LogP contribution in [0, 0.1) is 0 Å². The molecular weight excluding hydrogens is 244 g/mol. The van der Waals surface area contributed by atoms with Gasteiger partial charge >= 0.3 is 5.97 Å². The molecule has 1 amide bonds. The summed E-state index contributed by atoms with van der Waals surface area (Å²) in [6.07, 6.45) is 0. The second-order valence-corrected chi connectivity index (χ2v) is 4.75. The fraction of sp³-hybridized carbons (Fsp3) is 0.429. The molecule has 19 heavy (non-hydrogen) atoms. The van der Waals surface area contributed by atoms with Crippen LogP contribution in [-0.4, -0.2) is 43.5 Å². The molecule has 1 N–H and O–H groups in total. The van der Waals surface area contributed by atoms with Crippen molar-refractivity contribution in [2.45, 2.75) is 19.9 Å². The molecule has 0 bridgehead atoms. The summed E-state index contributed by atoms with van der Waals surface area (Å²) in [5, 5.41) is 2.90. The molecule has 1 aromatic carbocycles. The Morgan fingerprint density at radius 3 is 2.32 bits per heavy atom. The van der Waals surface area contributed by atoms with Crippen molar-refractivity contribution in [3.8, 4) is 5.75 Å². The predicted molar refractivity (Wildman–Crippen MR) is 73.2 cm³/mol. The highest BCUT2D eigenvalue weighted by Crippen LogP contribution is 2.12. The molecule has 1 rings (SSSR count). The number of nitrogens with zero attached hydrogens (tertiary/aromatic N) is 1. The van der Waals surface area contributed by atoms with Crippen LogP contribution in [0.25, 0.3) is 0 Å². The molecule has 0 aliphatic carbocycles. The van der Waals surface area contributed by atoms with Gasteiger partial charge in [0.1, 0.15) is 5.75 Å². The Balaban J connectivity index is 2.60. The van der Waals surface area contributed by atoms with Gasteiger partial charge in [-0.2, -0.15) is 0 Å². The predicted octanol–water partition coefficient (Wildman–Crippen LogP) is 1.29. The third-order valence-corrected chi connectivity index (χ3v) is 2.39. The summed E-state index contributed by atoms with van der Waals surface area (Å²) in [6, 6.07) is 6.54. The van der Waals surface area contributed by atoms with Crippen molar-refractivity contribution in [1.29, 1.82) is 0 Å². The molecule has 5 heteroatoms. The van der Waals surface area contributed by atoms with E-state index in [0.29, 0.717) is 11.3 Å². The van der Waals surface area contributed by atoms with Crippen LogP contribution in [-0.2, 0) is 4.79 Å². The van der Waals surface area contributed by atoms with Crippen LogP contribution >= 0.6 is 0 Å². The average Bonchev–Trinajstić information content (AvgIpc) is 2.27. The summed E-state index contributed by atoms with van der Waals surface area (Å²) >= 11 is 0. The van der Waals surface area contributed by atoms with E-state index in [0.717, 1.165) is 6.54 Å². The molecule has 104 valence electrons. The number of amides is 1. The van der Waals surface area contributed by atoms with Crippen LogP contribution in [0.15, 0.2) is 24.3 Å². The van der Waals surface area contributed by atoms with E-state index >= 15 is 0 Å². The number of ether oxygens (including phenoxy) is 1. The van der Waals surface area contributed by atoms with Crippen molar-refractivity contribution in [3.63, 3.8) is 0 Å². The van der Waals surface area contributed by atoms with Gasteiger partial charge in [0.2, 0.25) is 0 Å². The van der Waals surface area contributed by atoms with E-state index in [4.69, 9.17) is 4.74 Å². The first-order valence-corrected chi connectivity index (χ1v) is 6.12. The lowest BCUT2D eigenvalue weighted by Gasteiger charge is -2.18. The Kier molecular flexibility index (Phi) is 5.51. The summed E-state index contributed by atoms with van der Waals surface area (Å²) < 4.78 is 4.91. The fourth-order valence-electron chi connectivity index (χ4n) is 1.74. The fourth-order valence-corrected chi connectivity index (χ4v) is 1.74. The van der Waals surface area contributed by atoms with Gasteiger partial charge in [0.05, 0.1) is 0 Å². The van der Waals surface area contributed by atoms with Gasteiger partial charge in [-0.1, -0.05) is 0 Å². The van der Waals surface area contributed by atoms with E-state index in [2.05, 4.69) is 5.32 Å². The second-order valence-electron chi connectivity index (χ2n) is 4.75. The molecule has 0 spiro atoms. The van der Waals surface area contributed by atoms with Crippen LogP contribution in [0.5, 0.6) is 5.75 Å². The highest BCUT2D eigenvalue weighted by Gasteiger charge is 2.10. The Morgan fingerprint density at radius 2 is 1.84 bits per heavy atom. The van der Waals surface area contributed by atoms with Crippen molar-refractivity contribution in [1.82, 2.24) is 10.2 Å². The first-order valence-electron chi connectivity index (χ1n) is 6.12. The van der Waals surface area contributed by atoms with Gasteiger partial charge < -0.3 is 15.0 Å². The number of benzene rings is 1. The van der Waals surface area contributed by atoms with E-state index < -0.39 is 0 Å². The molecule has 0 radical (unpaired) electrons. The lowest BCUT2D eigenvalue weighted by atomic mass is 10.2. The highest BCUT2D eigenvalue weighted by molar-refractivity contribution is 5.94. The van der Waals surface area contributed by atoms with Crippen LogP contribution in [0.3, 0.4) is 0 Å². The maximum Gasteiger partial charge on any atom is 0.308 e. The van der Waals surface area contributed by atoms with Gasteiger partial charge in [-0.05, 0) is 45.3 Å². The van der Waals surface area contributed by atoms with Crippen LogP contribution in [0.2, 0.25) is 0 Å². The zero-order valence-electron chi connectivity index (χ0n) is 11.8. The molecule has 0 fully saturated rings. The van der Waals surface area contributed by atoms with Crippen LogP contribution in [0.1, 0.15) is 24.2 Å². The smallest absolute Gasteiger partial charge is 0.308 e. The summed E-state index contributed by atoms with van der Waals surface area (Å²) in [7, 11) is 3.91. The number of carbonyl (C=O) groups excluding carboxylic acids is 2. The Morgan fingerprint density at radius 1 is 1.26 bits per heavy atom. The van der Waals surface area contributed by atoms with Crippen molar-refractivity contribution >= 4 is 11.9 Å². The molecule has 1 atom stereocenters. The van der Waals surface area contributed by atoms with Crippen molar-refractivity contribution in [2.75, 3.05) is 20.6 Å². The third kappa shape index (κ3) is 5.52. The number of hydrogen-bond donors (Lipinski definition) is 1. The standard InChI is InChI=1S/C14H20N2O3/c1-10(9-16(3)4)15-14(18)12-5-7-13(8-6-12)19-11(2)17/h5-8,10H,9H2,1-4H3,(H,15,18). The minimum absolute atomic E-state index is 0.0654. The van der Waals surface area contributed by atoms with E-state index in [-0.39, 0.29) is 17.9 Å². The van der Waals surface area contributed by atoms with E-state index in [1.807, 2.05) is 25.9 Å². The van der Waals surface area contributed by atoms with E-state index in [1.54, 1.807) is 24.3 Å². The molecule has 1 unspecified atom stereocenters. The first kappa shape index (κ1) is 15.2. The molecule has 0 aliphatic heterocycles. The average molecular weight is 264 g/mol. The summed E-state index contributed by atoms with van der Waals surface area (Å²) in [6.45, 7) is 4.06. The highest BCUT2D eigenvalue weighted by atomic mass is 16.5. The zero-order valence-corrected chi connectivity index (χ0v) is 11.8. The Bertz CT molecular complexity index is 441. The summed E-state index contributed by atoms with van der Waals surface area (Å²) in [5.74, 6) is -0.0779. The topological polar surface area (TPSA) is 58.6 Å².